The Bertz CT molecular complexity index is 670. The fourth-order valence-corrected chi connectivity index (χ4v) is 3.51. The van der Waals surface area contributed by atoms with Crippen molar-refractivity contribution in [3.8, 4) is 0 Å². The molecule has 4 nitrogen and oxygen atoms in total. The van der Waals surface area contributed by atoms with Crippen LogP contribution in [0.1, 0.15) is 42.9 Å². The Balaban J connectivity index is 1.58. The van der Waals surface area contributed by atoms with Crippen molar-refractivity contribution in [3.63, 3.8) is 0 Å². The zero-order chi connectivity index (χ0) is 19.9. The molecule has 1 aliphatic rings. The van der Waals surface area contributed by atoms with Gasteiger partial charge in [-0.1, -0.05) is 24.3 Å². The predicted molar refractivity (Wildman–Crippen MR) is 103 cm³/mol. The van der Waals surface area contributed by atoms with E-state index in [0.29, 0.717) is 12.6 Å². The third-order valence-corrected chi connectivity index (χ3v) is 5.14. The summed E-state index contributed by atoms with van der Waals surface area (Å²) < 4.78 is 32.5. The molecule has 3 N–H and O–H groups in total. The van der Waals surface area contributed by atoms with Crippen LogP contribution < -0.4 is 5.32 Å². The Hall–Kier alpha value is -1.86. The van der Waals surface area contributed by atoms with E-state index in [1.54, 1.807) is 24.3 Å². The molecular formula is C22H27F2NO3. The van der Waals surface area contributed by atoms with Crippen molar-refractivity contribution in [1.82, 2.24) is 5.32 Å². The monoisotopic (exact) mass is 391 g/mol. The maximum absolute atomic E-state index is 13.3. The third kappa shape index (κ3) is 6.07. The molecule has 1 aliphatic carbocycles. The van der Waals surface area contributed by atoms with Crippen molar-refractivity contribution >= 4 is 0 Å². The molecule has 0 aromatic heterocycles. The van der Waals surface area contributed by atoms with Crippen LogP contribution in [-0.2, 0) is 4.74 Å². The standard InChI is InChI=1S/C22H27F2NO3/c23-17-5-1-15(2-6-17)22(16-3-7-18(24)8-4-16)28-14-21(27)13-25-19-9-11-20(26)12-10-19/h1-8,19-22,25-27H,9-14H2/t19?,20?,21-/m1/s1. The number of rotatable bonds is 8. The van der Waals surface area contributed by atoms with E-state index in [-0.39, 0.29) is 24.3 Å². The molecule has 0 bridgehead atoms. The van der Waals surface area contributed by atoms with Crippen molar-refractivity contribution in [2.24, 2.45) is 0 Å². The van der Waals surface area contributed by atoms with Gasteiger partial charge in [0.25, 0.3) is 0 Å². The molecule has 0 heterocycles. The molecule has 0 unspecified atom stereocenters. The Morgan fingerprint density at radius 1 is 0.893 bits per heavy atom. The van der Waals surface area contributed by atoms with Crippen LogP contribution in [0, 0.1) is 11.6 Å². The lowest BCUT2D eigenvalue weighted by atomic mass is 9.93. The molecule has 0 radical (unpaired) electrons. The Morgan fingerprint density at radius 2 is 1.39 bits per heavy atom. The zero-order valence-corrected chi connectivity index (χ0v) is 15.7. The number of aliphatic hydroxyl groups excluding tert-OH is 2. The van der Waals surface area contributed by atoms with Crippen molar-refractivity contribution in [3.05, 3.63) is 71.3 Å². The second kappa shape index (κ2) is 10.1. The average molecular weight is 391 g/mol. The number of benzene rings is 2. The van der Waals surface area contributed by atoms with Crippen molar-refractivity contribution in [1.29, 1.82) is 0 Å². The van der Waals surface area contributed by atoms with Crippen molar-refractivity contribution < 1.29 is 23.7 Å². The molecule has 0 saturated heterocycles. The minimum atomic E-state index is -0.713. The molecule has 152 valence electrons. The van der Waals surface area contributed by atoms with Crippen LogP contribution in [0.5, 0.6) is 0 Å². The topological polar surface area (TPSA) is 61.7 Å². The molecule has 0 aliphatic heterocycles. The van der Waals surface area contributed by atoms with Gasteiger partial charge in [0.05, 0.1) is 18.8 Å². The van der Waals surface area contributed by atoms with Gasteiger partial charge >= 0.3 is 0 Å². The summed E-state index contributed by atoms with van der Waals surface area (Å²) in [5, 5.41) is 23.2. The van der Waals surface area contributed by atoms with E-state index >= 15 is 0 Å². The number of halogens is 2. The van der Waals surface area contributed by atoms with E-state index in [1.807, 2.05) is 0 Å². The van der Waals surface area contributed by atoms with Crippen LogP contribution in [0.2, 0.25) is 0 Å². The van der Waals surface area contributed by atoms with Gasteiger partial charge in [-0.05, 0) is 61.1 Å². The Morgan fingerprint density at radius 3 is 1.89 bits per heavy atom. The molecule has 1 atom stereocenters. The van der Waals surface area contributed by atoms with E-state index in [4.69, 9.17) is 4.74 Å². The highest BCUT2D eigenvalue weighted by Crippen LogP contribution is 2.27. The van der Waals surface area contributed by atoms with Crippen LogP contribution in [-0.4, -0.2) is 41.6 Å². The smallest absolute Gasteiger partial charge is 0.123 e. The summed E-state index contributed by atoms with van der Waals surface area (Å²) in [7, 11) is 0. The van der Waals surface area contributed by atoms with Gasteiger partial charge in [0.15, 0.2) is 0 Å². The number of hydrogen-bond acceptors (Lipinski definition) is 4. The quantitative estimate of drug-likeness (QED) is 0.646. The third-order valence-electron chi connectivity index (χ3n) is 5.14. The first-order chi connectivity index (χ1) is 13.5. The molecule has 1 saturated carbocycles. The van der Waals surface area contributed by atoms with Gasteiger partial charge in [0.1, 0.15) is 17.7 Å². The van der Waals surface area contributed by atoms with Gasteiger partial charge in [-0.25, -0.2) is 8.78 Å². The van der Waals surface area contributed by atoms with E-state index in [9.17, 15) is 19.0 Å². The molecule has 0 spiro atoms. The van der Waals surface area contributed by atoms with Gasteiger partial charge in [-0.15, -0.1) is 0 Å². The largest absolute Gasteiger partial charge is 0.393 e. The van der Waals surface area contributed by atoms with E-state index in [1.165, 1.54) is 24.3 Å². The van der Waals surface area contributed by atoms with Crippen LogP contribution in [0.4, 0.5) is 8.78 Å². The highest BCUT2D eigenvalue weighted by molar-refractivity contribution is 5.30. The van der Waals surface area contributed by atoms with E-state index < -0.39 is 12.2 Å². The second-order valence-corrected chi connectivity index (χ2v) is 7.38. The van der Waals surface area contributed by atoms with Crippen molar-refractivity contribution in [2.75, 3.05) is 13.2 Å². The van der Waals surface area contributed by atoms with Gasteiger partial charge < -0.3 is 20.3 Å². The van der Waals surface area contributed by atoms with Crippen LogP contribution in [0.25, 0.3) is 0 Å². The summed E-state index contributed by atoms with van der Waals surface area (Å²) in [5.41, 5.74) is 1.46. The minimum Gasteiger partial charge on any atom is -0.393 e. The normalized spacial score (nSPS) is 21.0. The lowest BCUT2D eigenvalue weighted by Crippen LogP contribution is -2.40. The minimum absolute atomic E-state index is 0.0851. The average Bonchev–Trinajstić information content (AvgIpc) is 2.70. The van der Waals surface area contributed by atoms with Gasteiger partial charge in [-0.3, -0.25) is 0 Å². The molecule has 2 aromatic carbocycles. The summed E-state index contributed by atoms with van der Waals surface area (Å²) in [5.74, 6) is -0.688. The number of aliphatic hydroxyl groups is 2. The second-order valence-electron chi connectivity index (χ2n) is 7.38. The van der Waals surface area contributed by atoms with Gasteiger partial charge in [0.2, 0.25) is 0 Å². The highest BCUT2D eigenvalue weighted by Gasteiger charge is 2.21. The first-order valence-electron chi connectivity index (χ1n) is 9.73. The van der Waals surface area contributed by atoms with E-state index in [0.717, 1.165) is 36.8 Å². The molecule has 0 amide bonds. The fraction of sp³-hybridized carbons (Fsp3) is 0.455. The van der Waals surface area contributed by atoms with Crippen LogP contribution in [0.15, 0.2) is 48.5 Å². The number of ether oxygens (including phenoxy) is 1. The molecule has 28 heavy (non-hydrogen) atoms. The molecule has 2 aromatic rings. The molecule has 6 heteroatoms. The summed E-state index contributed by atoms with van der Waals surface area (Å²) in [6.45, 7) is 0.474. The van der Waals surface area contributed by atoms with Gasteiger partial charge in [-0.2, -0.15) is 0 Å². The SMILES string of the molecule is OC1CCC(NC[C@@H](O)COC(c2ccc(F)cc2)c2ccc(F)cc2)CC1. The summed E-state index contributed by atoms with van der Waals surface area (Å²) in [6.07, 6.45) is 1.89. The van der Waals surface area contributed by atoms with Gasteiger partial charge in [0, 0.05) is 12.6 Å². The maximum Gasteiger partial charge on any atom is 0.123 e. The first kappa shape index (κ1) is 20.9. The molecule has 1 fully saturated rings. The van der Waals surface area contributed by atoms with Crippen LogP contribution >= 0.6 is 0 Å². The molecular weight excluding hydrogens is 364 g/mol. The zero-order valence-electron chi connectivity index (χ0n) is 15.7. The highest BCUT2D eigenvalue weighted by atomic mass is 19.1. The summed E-state index contributed by atoms with van der Waals surface area (Å²) in [4.78, 5) is 0. The maximum atomic E-state index is 13.3. The lowest BCUT2D eigenvalue weighted by molar-refractivity contribution is 0.00444. The Kier molecular flexibility index (Phi) is 7.50. The predicted octanol–water partition coefficient (Wildman–Crippen LogP) is 3.32. The molecule has 3 rings (SSSR count). The first-order valence-corrected chi connectivity index (χ1v) is 9.73. The Labute approximate surface area is 164 Å². The van der Waals surface area contributed by atoms with Crippen molar-refractivity contribution in [2.45, 2.75) is 50.0 Å². The lowest BCUT2D eigenvalue weighted by Gasteiger charge is -2.27. The van der Waals surface area contributed by atoms with Crippen LogP contribution in [0.3, 0.4) is 0 Å². The summed E-state index contributed by atoms with van der Waals surface area (Å²) >= 11 is 0. The number of nitrogens with one attached hydrogen (secondary N) is 1. The fourth-order valence-electron chi connectivity index (χ4n) is 3.51. The summed E-state index contributed by atoms with van der Waals surface area (Å²) in [6, 6.07) is 12.2. The number of hydrogen-bond donors (Lipinski definition) is 3. The van der Waals surface area contributed by atoms with E-state index in [2.05, 4.69) is 5.32 Å².